The van der Waals surface area contributed by atoms with E-state index in [1.807, 2.05) is 14.0 Å². The highest BCUT2D eigenvalue weighted by molar-refractivity contribution is 5.87. The van der Waals surface area contributed by atoms with Gasteiger partial charge in [-0.25, -0.2) is 0 Å². The van der Waals surface area contributed by atoms with Gasteiger partial charge in [-0.05, 0) is 0 Å². The average molecular weight is 98.1 g/mol. The summed E-state index contributed by atoms with van der Waals surface area (Å²) >= 11 is 0. The van der Waals surface area contributed by atoms with E-state index in [-0.39, 0.29) is 0 Å². The van der Waals surface area contributed by atoms with Gasteiger partial charge in [0.15, 0.2) is 5.84 Å². The molecule has 0 aromatic rings. The van der Waals surface area contributed by atoms with Crippen LogP contribution in [0.15, 0.2) is 10.1 Å². The van der Waals surface area contributed by atoms with Gasteiger partial charge < -0.3 is 0 Å². The van der Waals surface area contributed by atoms with Gasteiger partial charge in [-0.3, -0.25) is 0 Å². The molecule has 0 bridgehead atoms. The Morgan fingerprint density at radius 2 is 2.43 bits per heavy atom. The van der Waals surface area contributed by atoms with Gasteiger partial charge in [0.05, 0.1) is 7.05 Å². The lowest BCUT2D eigenvalue weighted by Gasteiger charge is -1.85. The van der Waals surface area contributed by atoms with Crippen molar-refractivity contribution < 1.29 is 5.01 Å². The highest BCUT2D eigenvalue weighted by atomic mass is 15.5. The van der Waals surface area contributed by atoms with E-state index in [2.05, 4.69) is 10.1 Å². The number of amidine groups is 1. The Hall–Kier alpha value is -0.700. The summed E-state index contributed by atoms with van der Waals surface area (Å²) in [5, 5.41) is 5.00. The van der Waals surface area contributed by atoms with Crippen LogP contribution >= 0.6 is 0 Å². The van der Waals surface area contributed by atoms with Crippen LogP contribution in [0.5, 0.6) is 0 Å². The molecular weight excluding hydrogens is 90.1 g/mol. The predicted molar refractivity (Wildman–Crippen MR) is 28.5 cm³/mol. The molecule has 0 aromatic carbocycles. The Kier molecular flexibility index (Phi) is 0.906. The maximum Gasteiger partial charge on any atom is 0.216 e. The van der Waals surface area contributed by atoms with Crippen LogP contribution in [-0.4, -0.2) is 19.2 Å². The number of hydrogen-bond acceptors (Lipinski definition) is 2. The molecule has 1 aliphatic rings. The number of aliphatic imine (C=N–C) groups is 1. The zero-order chi connectivity index (χ0) is 5.28. The highest BCUT2D eigenvalue weighted by Gasteiger charge is 2.01. The summed E-state index contributed by atoms with van der Waals surface area (Å²) in [6.45, 7) is 1.88. The van der Waals surface area contributed by atoms with Gasteiger partial charge in [0.25, 0.3) is 0 Å². The third kappa shape index (κ3) is 0.838. The first-order valence-electron chi connectivity index (χ1n) is 2.22. The van der Waals surface area contributed by atoms with Gasteiger partial charge in [-0.1, -0.05) is 5.10 Å². The van der Waals surface area contributed by atoms with E-state index in [0.29, 0.717) is 0 Å². The number of quaternary nitrogens is 1. The molecule has 1 N–H and O–H groups in total. The zero-order valence-corrected chi connectivity index (χ0v) is 4.47. The molecular formula is C4H8N3+. The van der Waals surface area contributed by atoms with E-state index in [9.17, 15) is 0 Å². The minimum Gasteiger partial charge on any atom is -0.181 e. The molecule has 0 amide bonds. The molecule has 0 spiro atoms. The van der Waals surface area contributed by atoms with Crippen LogP contribution in [0.4, 0.5) is 0 Å². The highest BCUT2D eigenvalue weighted by Crippen LogP contribution is 1.73. The lowest BCUT2D eigenvalue weighted by molar-refractivity contribution is -0.779. The number of nitrogens with one attached hydrogen (secondary N) is 1. The molecule has 1 unspecified atom stereocenters. The molecule has 1 rings (SSSR count). The summed E-state index contributed by atoms with van der Waals surface area (Å²) in [4.78, 5) is 3.91. The number of hydrogen-bond donors (Lipinski definition) is 1. The van der Waals surface area contributed by atoms with Crippen molar-refractivity contribution in [1.82, 2.24) is 0 Å². The van der Waals surface area contributed by atoms with Crippen LogP contribution in [0.3, 0.4) is 0 Å². The summed E-state index contributed by atoms with van der Waals surface area (Å²) in [7, 11) is 1.93. The summed E-state index contributed by atoms with van der Waals surface area (Å²) in [5.74, 6) is 0.859. The molecule has 3 heteroatoms. The van der Waals surface area contributed by atoms with Crippen LogP contribution in [0.2, 0.25) is 0 Å². The molecule has 1 heterocycles. The lowest BCUT2D eigenvalue weighted by atomic mass is 10.7. The first-order chi connectivity index (χ1) is 3.29. The maximum absolute atomic E-state index is 4.00. The predicted octanol–water partition coefficient (Wildman–Crippen LogP) is -1.12. The molecule has 7 heavy (non-hydrogen) atoms. The Balaban J connectivity index is 2.69. The SMILES string of the molecule is CC1=N[NH+](C)C=N1. The maximum atomic E-state index is 4.00. The number of rotatable bonds is 0. The van der Waals surface area contributed by atoms with Crippen LogP contribution in [0.25, 0.3) is 0 Å². The molecule has 38 valence electrons. The first-order valence-corrected chi connectivity index (χ1v) is 2.22. The molecule has 3 nitrogen and oxygen atoms in total. The fraction of sp³-hybridized carbons (Fsp3) is 0.500. The zero-order valence-electron chi connectivity index (χ0n) is 4.47. The second-order valence-corrected chi connectivity index (χ2v) is 1.56. The second-order valence-electron chi connectivity index (χ2n) is 1.56. The molecule has 1 aliphatic heterocycles. The molecule has 0 fully saturated rings. The molecule has 0 saturated carbocycles. The molecule has 1 atom stereocenters. The number of nitrogens with zero attached hydrogens (tertiary/aromatic N) is 2. The van der Waals surface area contributed by atoms with Gasteiger partial charge in [-0.2, -0.15) is 10.0 Å². The van der Waals surface area contributed by atoms with Crippen molar-refractivity contribution >= 4 is 12.2 Å². The largest absolute Gasteiger partial charge is 0.216 e. The van der Waals surface area contributed by atoms with E-state index < -0.39 is 0 Å². The third-order valence-corrected chi connectivity index (χ3v) is 0.776. The van der Waals surface area contributed by atoms with E-state index in [1.54, 1.807) is 6.34 Å². The smallest absolute Gasteiger partial charge is 0.181 e. The fourth-order valence-corrected chi connectivity index (χ4v) is 0.500. The van der Waals surface area contributed by atoms with E-state index >= 15 is 0 Å². The summed E-state index contributed by atoms with van der Waals surface area (Å²) in [5.41, 5.74) is 0. The quantitative estimate of drug-likeness (QED) is 0.397. The molecule has 0 aromatic heterocycles. The van der Waals surface area contributed by atoms with Crippen molar-refractivity contribution in [2.24, 2.45) is 10.1 Å². The Labute approximate surface area is 42.3 Å². The third-order valence-electron chi connectivity index (χ3n) is 0.776. The summed E-state index contributed by atoms with van der Waals surface area (Å²) in [6.07, 6.45) is 1.76. The van der Waals surface area contributed by atoms with Gasteiger partial charge >= 0.3 is 0 Å². The standard InChI is InChI=1S/C4H7N3/c1-4-5-3-7(2)6-4/h3H,1-2H3/p+1. The minimum absolute atomic E-state index is 0.859. The van der Waals surface area contributed by atoms with Crippen molar-refractivity contribution in [3.63, 3.8) is 0 Å². The van der Waals surface area contributed by atoms with Crippen molar-refractivity contribution in [2.75, 3.05) is 7.05 Å². The van der Waals surface area contributed by atoms with E-state index in [4.69, 9.17) is 0 Å². The fourth-order valence-electron chi connectivity index (χ4n) is 0.500. The monoisotopic (exact) mass is 98.1 g/mol. The van der Waals surface area contributed by atoms with Gasteiger partial charge in [0.2, 0.25) is 6.34 Å². The molecule has 0 aliphatic carbocycles. The van der Waals surface area contributed by atoms with E-state index in [1.165, 1.54) is 0 Å². The van der Waals surface area contributed by atoms with Gasteiger partial charge in [0.1, 0.15) is 0 Å². The van der Waals surface area contributed by atoms with Gasteiger partial charge in [0, 0.05) is 6.92 Å². The van der Waals surface area contributed by atoms with Crippen molar-refractivity contribution in [1.29, 1.82) is 0 Å². The molecule has 0 saturated heterocycles. The Morgan fingerprint density at radius 3 is 2.57 bits per heavy atom. The van der Waals surface area contributed by atoms with Crippen molar-refractivity contribution in [2.45, 2.75) is 6.92 Å². The lowest BCUT2D eigenvalue weighted by Crippen LogP contribution is -3.01. The normalized spacial score (nSPS) is 28.3. The van der Waals surface area contributed by atoms with Gasteiger partial charge in [-0.15, -0.1) is 0 Å². The first kappa shape index (κ1) is 4.46. The van der Waals surface area contributed by atoms with Crippen molar-refractivity contribution in [3.05, 3.63) is 0 Å². The van der Waals surface area contributed by atoms with Crippen LogP contribution in [0.1, 0.15) is 6.92 Å². The second kappa shape index (κ2) is 1.42. The molecule has 0 radical (unpaired) electrons. The average Bonchev–Trinajstić information content (AvgIpc) is 1.87. The Morgan fingerprint density at radius 1 is 1.71 bits per heavy atom. The minimum atomic E-state index is 0.859. The Bertz CT molecular complexity index is 125. The van der Waals surface area contributed by atoms with E-state index in [0.717, 1.165) is 10.8 Å². The van der Waals surface area contributed by atoms with Crippen LogP contribution in [0, 0.1) is 0 Å². The van der Waals surface area contributed by atoms with Crippen LogP contribution < -0.4 is 5.01 Å². The van der Waals surface area contributed by atoms with Crippen molar-refractivity contribution in [3.8, 4) is 0 Å². The summed E-state index contributed by atoms with van der Waals surface area (Å²) < 4.78 is 0. The van der Waals surface area contributed by atoms with Crippen LogP contribution in [-0.2, 0) is 0 Å². The topological polar surface area (TPSA) is 29.2 Å². The summed E-state index contributed by atoms with van der Waals surface area (Å²) in [6, 6.07) is 0.